The molecule has 0 fully saturated rings. The third-order valence-electron chi connectivity index (χ3n) is 4.24. The number of benzene rings is 3. The molecule has 6 nitrogen and oxygen atoms in total. The van der Waals surface area contributed by atoms with Crippen molar-refractivity contribution >= 4 is 11.6 Å². The largest absolute Gasteiger partial charge is 0.484 e. The van der Waals surface area contributed by atoms with Gasteiger partial charge in [-0.05, 0) is 43.3 Å². The fourth-order valence-corrected chi connectivity index (χ4v) is 2.75. The summed E-state index contributed by atoms with van der Waals surface area (Å²) < 4.78 is 11.0. The maximum absolute atomic E-state index is 12.1. The normalized spacial score (nSPS) is 10.5. The van der Waals surface area contributed by atoms with Gasteiger partial charge in [0.05, 0.1) is 0 Å². The molecule has 3 aromatic carbocycles. The summed E-state index contributed by atoms with van der Waals surface area (Å²) in [7, 11) is 0. The highest BCUT2D eigenvalue weighted by molar-refractivity contribution is 5.91. The Labute approximate surface area is 168 Å². The second-order valence-electron chi connectivity index (χ2n) is 6.52. The first-order chi connectivity index (χ1) is 14.2. The number of anilines is 1. The minimum atomic E-state index is -0.231. The van der Waals surface area contributed by atoms with Crippen molar-refractivity contribution < 1.29 is 14.1 Å². The number of aryl methyl sites for hydroxylation is 1. The molecule has 0 aliphatic rings. The second kappa shape index (κ2) is 8.39. The molecular weight excluding hydrogens is 366 g/mol. The van der Waals surface area contributed by atoms with Gasteiger partial charge in [0.2, 0.25) is 5.82 Å². The van der Waals surface area contributed by atoms with Crippen molar-refractivity contribution in [3.8, 4) is 28.6 Å². The Kier molecular flexibility index (Phi) is 5.33. The Balaban J connectivity index is 1.40. The molecule has 0 saturated carbocycles. The Bertz CT molecular complexity index is 1110. The molecule has 0 saturated heterocycles. The molecule has 4 rings (SSSR count). The predicted molar refractivity (Wildman–Crippen MR) is 110 cm³/mol. The van der Waals surface area contributed by atoms with E-state index in [4.69, 9.17) is 9.26 Å². The van der Waals surface area contributed by atoms with Crippen LogP contribution >= 0.6 is 0 Å². The van der Waals surface area contributed by atoms with Crippen molar-refractivity contribution in [2.75, 3.05) is 11.9 Å². The van der Waals surface area contributed by atoms with Crippen LogP contribution in [0.4, 0.5) is 5.69 Å². The molecule has 144 valence electrons. The number of carbonyl (C=O) groups is 1. The summed E-state index contributed by atoms with van der Waals surface area (Å²) in [5.74, 6) is 1.22. The van der Waals surface area contributed by atoms with E-state index >= 15 is 0 Å². The molecule has 0 aliphatic carbocycles. The summed E-state index contributed by atoms with van der Waals surface area (Å²) >= 11 is 0. The lowest BCUT2D eigenvalue weighted by Gasteiger charge is -2.08. The van der Waals surface area contributed by atoms with E-state index in [1.807, 2.05) is 73.7 Å². The van der Waals surface area contributed by atoms with Gasteiger partial charge in [-0.1, -0.05) is 53.2 Å². The molecule has 6 heteroatoms. The minimum absolute atomic E-state index is 0.0984. The average molecular weight is 385 g/mol. The molecule has 1 heterocycles. The summed E-state index contributed by atoms with van der Waals surface area (Å²) in [6, 6.07) is 24.4. The van der Waals surface area contributed by atoms with Gasteiger partial charge in [0.15, 0.2) is 6.61 Å². The van der Waals surface area contributed by atoms with E-state index in [1.165, 1.54) is 0 Å². The van der Waals surface area contributed by atoms with Gasteiger partial charge >= 0.3 is 0 Å². The number of carbonyl (C=O) groups excluding carboxylic acids is 1. The van der Waals surface area contributed by atoms with Crippen LogP contribution in [0.2, 0.25) is 0 Å². The fraction of sp³-hybridized carbons (Fsp3) is 0.0870. The van der Waals surface area contributed by atoms with Crippen LogP contribution in [0.25, 0.3) is 22.8 Å². The van der Waals surface area contributed by atoms with Crippen LogP contribution in [0.15, 0.2) is 83.4 Å². The molecule has 0 bridgehead atoms. The number of hydrogen-bond donors (Lipinski definition) is 1. The number of aromatic nitrogens is 2. The molecule has 0 radical (unpaired) electrons. The van der Waals surface area contributed by atoms with Crippen molar-refractivity contribution in [3.05, 3.63) is 84.4 Å². The van der Waals surface area contributed by atoms with Gasteiger partial charge in [-0.3, -0.25) is 4.79 Å². The van der Waals surface area contributed by atoms with Crippen molar-refractivity contribution in [3.63, 3.8) is 0 Å². The monoisotopic (exact) mass is 385 g/mol. The van der Waals surface area contributed by atoms with Crippen LogP contribution in [0.3, 0.4) is 0 Å². The molecule has 1 amide bonds. The Morgan fingerprint density at radius 1 is 0.966 bits per heavy atom. The lowest BCUT2D eigenvalue weighted by molar-refractivity contribution is -0.118. The zero-order valence-electron chi connectivity index (χ0n) is 15.8. The van der Waals surface area contributed by atoms with E-state index in [2.05, 4.69) is 15.5 Å². The molecule has 4 aromatic rings. The Morgan fingerprint density at radius 3 is 2.52 bits per heavy atom. The molecule has 0 unspecified atom stereocenters. The SMILES string of the molecule is Cc1ccc(NC(=O)COc2cccc(-c3noc(-c4ccccc4)n3)c2)cc1. The molecule has 29 heavy (non-hydrogen) atoms. The highest BCUT2D eigenvalue weighted by Gasteiger charge is 2.11. The molecule has 1 aromatic heterocycles. The van der Waals surface area contributed by atoms with Gasteiger partial charge in [-0.25, -0.2) is 0 Å². The molecule has 0 spiro atoms. The zero-order chi connectivity index (χ0) is 20.1. The van der Waals surface area contributed by atoms with Crippen LogP contribution < -0.4 is 10.1 Å². The van der Waals surface area contributed by atoms with Crippen LogP contribution in [-0.4, -0.2) is 22.7 Å². The van der Waals surface area contributed by atoms with Crippen LogP contribution in [-0.2, 0) is 4.79 Å². The third-order valence-corrected chi connectivity index (χ3v) is 4.24. The number of nitrogens with zero attached hydrogens (tertiary/aromatic N) is 2. The summed E-state index contributed by atoms with van der Waals surface area (Å²) in [6.45, 7) is 1.90. The summed E-state index contributed by atoms with van der Waals surface area (Å²) in [5.41, 5.74) is 3.46. The number of hydrogen-bond acceptors (Lipinski definition) is 5. The lowest BCUT2D eigenvalue weighted by atomic mass is 10.2. The molecule has 0 atom stereocenters. The maximum Gasteiger partial charge on any atom is 0.262 e. The van der Waals surface area contributed by atoms with Gasteiger partial charge < -0.3 is 14.6 Å². The molecule has 0 aliphatic heterocycles. The quantitative estimate of drug-likeness (QED) is 0.519. The highest BCUT2D eigenvalue weighted by atomic mass is 16.5. The third kappa shape index (κ3) is 4.68. The van der Waals surface area contributed by atoms with E-state index in [1.54, 1.807) is 12.1 Å². The van der Waals surface area contributed by atoms with Gasteiger partial charge in [0.25, 0.3) is 11.8 Å². The Hall–Kier alpha value is -3.93. The first-order valence-electron chi connectivity index (χ1n) is 9.16. The topological polar surface area (TPSA) is 77.2 Å². The summed E-state index contributed by atoms with van der Waals surface area (Å²) in [4.78, 5) is 16.5. The van der Waals surface area contributed by atoms with E-state index in [0.717, 1.165) is 22.4 Å². The van der Waals surface area contributed by atoms with E-state index < -0.39 is 0 Å². The van der Waals surface area contributed by atoms with Gasteiger partial charge in [-0.15, -0.1) is 0 Å². The summed E-state index contributed by atoms with van der Waals surface area (Å²) in [5, 5.41) is 6.84. The minimum Gasteiger partial charge on any atom is -0.484 e. The van der Waals surface area contributed by atoms with Gasteiger partial charge in [0, 0.05) is 16.8 Å². The van der Waals surface area contributed by atoms with E-state index in [0.29, 0.717) is 17.5 Å². The van der Waals surface area contributed by atoms with E-state index in [-0.39, 0.29) is 12.5 Å². The van der Waals surface area contributed by atoms with Crippen molar-refractivity contribution in [2.24, 2.45) is 0 Å². The standard InChI is InChI=1S/C23H19N3O3/c1-16-10-12-19(13-11-16)24-21(27)15-28-20-9-5-8-18(14-20)22-25-23(29-26-22)17-6-3-2-4-7-17/h2-14H,15H2,1H3,(H,24,27). The predicted octanol–water partition coefficient (Wildman–Crippen LogP) is 4.73. The number of ether oxygens (including phenoxy) is 1. The van der Waals surface area contributed by atoms with Crippen molar-refractivity contribution in [2.45, 2.75) is 6.92 Å². The molecular formula is C23H19N3O3. The lowest BCUT2D eigenvalue weighted by Crippen LogP contribution is -2.20. The average Bonchev–Trinajstić information content (AvgIpc) is 3.25. The highest BCUT2D eigenvalue weighted by Crippen LogP contribution is 2.24. The fourth-order valence-electron chi connectivity index (χ4n) is 2.75. The maximum atomic E-state index is 12.1. The Morgan fingerprint density at radius 2 is 1.72 bits per heavy atom. The van der Waals surface area contributed by atoms with Crippen molar-refractivity contribution in [1.82, 2.24) is 10.1 Å². The van der Waals surface area contributed by atoms with Crippen LogP contribution in [0.1, 0.15) is 5.56 Å². The van der Waals surface area contributed by atoms with Crippen molar-refractivity contribution in [1.29, 1.82) is 0 Å². The molecule has 1 N–H and O–H groups in total. The van der Waals surface area contributed by atoms with Crippen LogP contribution in [0, 0.1) is 6.92 Å². The van der Waals surface area contributed by atoms with Crippen LogP contribution in [0.5, 0.6) is 5.75 Å². The number of amides is 1. The second-order valence-corrected chi connectivity index (χ2v) is 6.52. The smallest absolute Gasteiger partial charge is 0.262 e. The number of nitrogens with one attached hydrogen (secondary N) is 1. The zero-order valence-corrected chi connectivity index (χ0v) is 15.8. The first kappa shape index (κ1) is 18.4. The van der Waals surface area contributed by atoms with Gasteiger partial charge in [-0.2, -0.15) is 4.98 Å². The first-order valence-corrected chi connectivity index (χ1v) is 9.16. The van der Waals surface area contributed by atoms with E-state index in [9.17, 15) is 4.79 Å². The number of rotatable bonds is 6. The van der Waals surface area contributed by atoms with Gasteiger partial charge in [0.1, 0.15) is 5.75 Å². The summed E-state index contributed by atoms with van der Waals surface area (Å²) in [6.07, 6.45) is 0.